The van der Waals surface area contributed by atoms with Crippen LogP contribution in [0.5, 0.6) is 11.5 Å². The number of carbonyl (C=O) groups is 2. The van der Waals surface area contributed by atoms with E-state index in [1.807, 2.05) is 0 Å². The third kappa shape index (κ3) is 5.34. The van der Waals surface area contributed by atoms with E-state index in [2.05, 4.69) is 15.9 Å². The normalized spacial score (nSPS) is 10.6. The van der Waals surface area contributed by atoms with Crippen molar-refractivity contribution < 1.29 is 23.8 Å². The molecule has 0 bridgehead atoms. The van der Waals surface area contributed by atoms with Gasteiger partial charge in [0.25, 0.3) is 0 Å². The van der Waals surface area contributed by atoms with Crippen molar-refractivity contribution in [2.45, 2.75) is 0 Å². The van der Waals surface area contributed by atoms with Gasteiger partial charge >= 0.3 is 5.97 Å². The third-order valence-electron chi connectivity index (χ3n) is 3.38. The number of methoxy groups -OCH3 is 2. The SMILES string of the molecule is COc1cc(C=CC(=O)OCC(=O)c2ccc(Br)cc2)cc(Cl)c1OC. The zero-order valence-corrected chi connectivity index (χ0v) is 16.5. The predicted octanol–water partition coefficient (Wildman–Crippen LogP) is 4.56. The Morgan fingerprint density at radius 1 is 1.12 bits per heavy atom. The minimum atomic E-state index is -0.638. The highest BCUT2D eigenvalue weighted by Gasteiger charge is 2.11. The molecule has 0 saturated heterocycles. The van der Waals surface area contributed by atoms with E-state index in [0.717, 1.165) is 4.47 Å². The first-order chi connectivity index (χ1) is 12.4. The molecule has 0 saturated carbocycles. The lowest BCUT2D eigenvalue weighted by Crippen LogP contribution is -2.12. The lowest BCUT2D eigenvalue weighted by Gasteiger charge is -2.10. The molecule has 5 nitrogen and oxygen atoms in total. The molecule has 0 atom stereocenters. The van der Waals surface area contributed by atoms with Gasteiger partial charge < -0.3 is 14.2 Å². The molecule has 2 aromatic rings. The van der Waals surface area contributed by atoms with E-state index in [4.69, 9.17) is 25.8 Å². The molecular formula is C19H16BrClO5. The van der Waals surface area contributed by atoms with Crippen LogP contribution in [0, 0.1) is 0 Å². The fraction of sp³-hybridized carbons (Fsp3) is 0.158. The molecule has 0 aromatic heterocycles. The zero-order valence-electron chi connectivity index (χ0n) is 14.1. The van der Waals surface area contributed by atoms with Gasteiger partial charge in [0.15, 0.2) is 23.9 Å². The largest absolute Gasteiger partial charge is 0.493 e. The summed E-state index contributed by atoms with van der Waals surface area (Å²) in [6.45, 7) is -0.336. The molecule has 0 spiro atoms. The van der Waals surface area contributed by atoms with Crippen LogP contribution < -0.4 is 9.47 Å². The standard InChI is InChI=1S/C19H16BrClO5/c1-24-17-10-12(9-15(21)19(17)25-2)3-8-18(23)26-11-16(22)13-4-6-14(20)7-5-13/h3-10H,11H2,1-2H3. The van der Waals surface area contributed by atoms with E-state index >= 15 is 0 Å². The van der Waals surface area contributed by atoms with Gasteiger partial charge in [-0.2, -0.15) is 0 Å². The molecule has 0 aliphatic rings. The fourth-order valence-electron chi connectivity index (χ4n) is 2.10. The second kappa shape index (κ2) is 9.40. The van der Waals surface area contributed by atoms with Gasteiger partial charge in [-0.25, -0.2) is 4.79 Å². The van der Waals surface area contributed by atoms with Gasteiger partial charge in [-0.05, 0) is 35.9 Å². The van der Waals surface area contributed by atoms with Crippen LogP contribution in [-0.2, 0) is 9.53 Å². The topological polar surface area (TPSA) is 61.8 Å². The Morgan fingerprint density at radius 3 is 2.42 bits per heavy atom. The van der Waals surface area contributed by atoms with Crippen molar-refractivity contribution >= 4 is 45.4 Å². The average Bonchev–Trinajstić information content (AvgIpc) is 2.64. The number of carbonyl (C=O) groups excluding carboxylic acids is 2. The van der Waals surface area contributed by atoms with Gasteiger partial charge in [0.1, 0.15) is 0 Å². The van der Waals surface area contributed by atoms with E-state index in [1.54, 1.807) is 36.4 Å². The molecule has 0 fully saturated rings. The van der Waals surface area contributed by atoms with Crippen molar-refractivity contribution in [2.24, 2.45) is 0 Å². The Balaban J connectivity index is 1.98. The molecule has 26 heavy (non-hydrogen) atoms. The molecule has 0 amide bonds. The van der Waals surface area contributed by atoms with Crippen LogP contribution >= 0.6 is 27.5 Å². The highest BCUT2D eigenvalue weighted by atomic mass is 79.9. The predicted molar refractivity (Wildman–Crippen MR) is 103 cm³/mol. The van der Waals surface area contributed by atoms with Crippen molar-refractivity contribution in [3.8, 4) is 11.5 Å². The number of ether oxygens (including phenoxy) is 3. The molecule has 0 N–H and O–H groups in total. The second-order valence-electron chi connectivity index (χ2n) is 5.11. The third-order valence-corrected chi connectivity index (χ3v) is 4.19. The summed E-state index contributed by atoms with van der Waals surface area (Å²) in [7, 11) is 2.97. The molecule has 0 unspecified atom stereocenters. The molecule has 136 valence electrons. The Morgan fingerprint density at radius 2 is 1.81 bits per heavy atom. The number of Topliss-reactive ketones (excluding diaryl/α,β-unsaturated/α-hetero) is 1. The minimum Gasteiger partial charge on any atom is -0.493 e. The van der Waals surface area contributed by atoms with Gasteiger partial charge in [-0.3, -0.25) is 4.79 Å². The maximum atomic E-state index is 12.0. The average molecular weight is 440 g/mol. The molecule has 0 aliphatic carbocycles. The maximum Gasteiger partial charge on any atom is 0.331 e. The first kappa shape index (κ1) is 20.0. The van der Waals surface area contributed by atoms with E-state index in [-0.39, 0.29) is 12.4 Å². The fourth-order valence-corrected chi connectivity index (χ4v) is 2.66. The molecule has 0 aliphatic heterocycles. The first-order valence-corrected chi connectivity index (χ1v) is 8.67. The lowest BCUT2D eigenvalue weighted by atomic mass is 10.1. The van der Waals surface area contributed by atoms with Crippen molar-refractivity contribution in [2.75, 3.05) is 20.8 Å². The monoisotopic (exact) mass is 438 g/mol. The van der Waals surface area contributed by atoms with E-state index < -0.39 is 5.97 Å². The van der Waals surface area contributed by atoms with Gasteiger partial charge in [0.05, 0.1) is 19.2 Å². The summed E-state index contributed by atoms with van der Waals surface area (Å²) in [4.78, 5) is 23.8. The number of rotatable bonds is 7. The van der Waals surface area contributed by atoms with Crippen LogP contribution in [0.25, 0.3) is 6.08 Å². The second-order valence-corrected chi connectivity index (χ2v) is 6.43. The summed E-state index contributed by atoms with van der Waals surface area (Å²) in [6, 6.07) is 10.1. The molecule has 0 heterocycles. The van der Waals surface area contributed by atoms with Crippen molar-refractivity contribution in [3.05, 3.63) is 63.1 Å². The van der Waals surface area contributed by atoms with Gasteiger partial charge in [0.2, 0.25) is 0 Å². The Hall–Kier alpha value is -2.31. The molecule has 2 aromatic carbocycles. The van der Waals surface area contributed by atoms with Crippen LogP contribution in [0.4, 0.5) is 0 Å². The Kier molecular flexibility index (Phi) is 7.24. The van der Waals surface area contributed by atoms with Gasteiger partial charge in [-0.1, -0.05) is 39.7 Å². The first-order valence-electron chi connectivity index (χ1n) is 7.49. The number of esters is 1. The van der Waals surface area contributed by atoms with Crippen LogP contribution in [0.15, 0.2) is 46.9 Å². The van der Waals surface area contributed by atoms with Gasteiger partial charge in [-0.15, -0.1) is 0 Å². The van der Waals surface area contributed by atoms with Crippen LogP contribution in [0.2, 0.25) is 5.02 Å². The van der Waals surface area contributed by atoms with Crippen molar-refractivity contribution in [3.63, 3.8) is 0 Å². The number of hydrogen-bond donors (Lipinski definition) is 0. The minimum absolute atomic E-state index is 0.284. The Bertz CT molecular complexity index is 831. The van der Waals surface area contributed by atoms with Crippen molar-refractivity contribution in [1.82, 2.24) is 0 Å². The number of hydrogen-bond acceptors (Lipinski definition) is 5. The van der Waals surface area contributed by atoms with E-state index in [0.29, 0.717) is 27.6 Å². The van der Waals surface area contributed by atoms with Crippen LogP contribution in [-0.4, -0.2) is 32.6 Å². The molecule has 7 heteroatoms. The lowest BCUT2D eigenvalue weighted by molar-refractivity contribution is -0.136. The van der Waals surface area contributed by atoms with Crippen molar-refractivity contribution in [1.29, 1.82) is 0 Å². The number of benzene rings is 2. The highest BCUT2D eigenvalue weighted by molar-refractivity contribution is 9.10. The summed E-state index contributed by atoms with van der Waals surface area (Å²) in [5, 5.41) is 0.352. The van der Waals surface area contributed by atoms with E-state index in [9.17, 15) is 9.59 Å². The highest BCUT2D eigenvalue weighted by Crippen LogP contribution is 2.36. The molecular weight excluding hydrogens is 424 g/mol. The maximum absolute atomic E-state index is 12.0. The van der Waals surface area contributed by atoms with Crippen LogP contribution in [0.1, 0.15) is 15.9 Å². The number of halogens is 2. The van der Waals surface area contributed by atoms with Gasteiger partial charge in [0, 0.05) is 16.1 Å². The molecule has 2 rings (SSSR count). The summed E-state index contributed by atoms with van der Waals surface area (Å²) in [6.07, 6.45) is 2.73. The smallest absolute Gasteiger partial charge is 0.331 e. The summed E-state index contributed by atoms with van der Waals surface area (Å²) in [5.74, 6) is -0.0674. The Labute approximate surface area is 164 Å². The summed E-state index contributed by atoms with van der Waals surface area (Å²) >= 11 is 9.40. The zero-order chi connectivity index (χ0) is 19.1. The number of ketones is 1. The summed E-state index contributed by atoms with van der Waals surface area (Å²) in [5.41, 5.74) is 1.10. The quantitative estimate of drug-likeness (QED) is 0.359. The van der Waals surface area contributed by atoms with Crippen LogP contribution in [0.3, 0.4) is 0 Å². The molecule has 0 radical (unpaired) electrons. The summed E-state index contributed by atoms with van der Waals surface area (Å²) < 4.78 is 16.2. The van der Waals surface area contributed by atoms with E-state index in [1.165, 1.54) is 26.4 Å².